The molecule has 0 fully saturated rings. The van der Waals surface area contributed by atoms with Crippen LogP contribution in [0, 0.1) is 6.92 Å². The van der Waals surface area contributed by atoms with E-state index in [-0.39, 0.29) is 21.7 Å². The van der Waals surface area contributed by atoms with Crippen molar-refractivity contribution >= 4 is 0 Å². The van der Waals surface area contributed by atoms with E-state index < -0.39 is 0 Å². The molecule has 0 heterocycles. The summed E-state index contributed by atoms with van der Waals surface area (Å²) in [6, 6.07) is 0. The average Bonchev–Trinajstić information content (AvgIpc) is 2.17. The van der Waals surface area contributed by atoms with Crippen molar-refractivity contribution in [1.82, 2.24) is 0 Å². The summed E-state index contributed by atoms with van der Waals surface area (Å²) < 4.78 is 0. The van der Waals surface area contributed by atoms with Crippen LogP contribution >= 0.6 is 0 Å². The molecule has 0 aliphatic carbocycles. The van der Waals surface area contributed by atoms with Crippen LogP contribution in [0.5, 0.6) is 0 Å². The number of unbranched alkanes of at least 4 members (excludes halogenated alkanes) is 6. The largest absolute Gasteiger partial charge is 0.396 e. The predicted molar refractivity (Wildman–Crippen MR) is 60.7 cm³/mol. The maximum atomic E-state index is 8.29. The van der Waals surface area contributed by atoms with Crippen molar-refractivity contribution in [2.24, 2.45) is 0 Å². The molecule has 0 atom stereocenters. The Morgan fingerprint density at radius 2 is 1.36 bits per heavy atom. The number of aliphatic hydroxyl groups excluding tert-OH is 1. The van der Waals surface area contributed by atoms with E-state index in [1.54, 1.807) is 0 Å². The Kier molecular flexibility index (Phi) is 33.8. The van der Waals surface area contributed by atoms with E-state index in [0.717, 1.165) is 12.8 Å². The van der Waals surface area contributed by atoms with E-state index in [4.69, 9.17) is 5.11 Å². The first kappa shape index (κ1) is 20.1. The summed E-state index contributed by atoms with van der Waals surface area (Å²) in [5, 5.41) is 8.29. The molecule has 0 saturated carbocycles. The topological polar surface area (TPSA) is 20.2 Å². The van der Waals surface area contributed by atoms with Gasteiger partial charge in [0, 0.05) is 28.3 Å². The van der Waals surface area contributed by atoms with Gasteiger partial charge in [0.2, 0.25) is 0 Å². The summed E-state index contributed by atoms with van der Waals surface area (Å²) in [7, 11) is 0. The molecule has 0 aromatic heterocycles. The Hall–Kier alpha value is 0.674. The predicted octanol–water partition coefficient (Wildman–Crippen LogP) is 3.96. The molecule has 0 bridgehead atoms. The van der Waals surface area contributed by atoms with E-state index in [1.807, 2.05) is 0 Å². The Morgan fingerprint density at radius 3 is 1.64 bits per heavy atom. The van der Waals surface area contributed by atoms with Gasteiger partial charge in [0.05, 0.1) is 0 Å². The van der Waals surface area contributed by atoms with E-state index in [1.165, 1.54) is 38.5 Å². The molecule has 0 amide bonds. The van der Waals surface area contributed by atoms with Crippen LogP contribution in [0.4, 0.5) is 0 Å². The van der Waals surface area contributed by atoms with Gasteiger partial charge in [-0.3, -0.25) is 0 Å². The zero-order chi connectivity index (χ0) is 10.4. The summed E-state index contributed by atoms with van der Waals surface area (Å²) in [5.41, 5.74) is 0. The standard InChI is InChI=1S/C6H14O.C6H13.Ti/c1-2-3-4-5-6-7;1-3-5-6-4-2;/h7H,2-6H2,1H3;1,3-6H2,2H3;/q;-1;. The molecule has 86 valence electrons. The monoisotopic (exact) mass is 235 g/mol. The smallest absolute Gasteiger partial charge is 0.0431 e. The SMILES string of the molecule is CCCCCCO.[CH2-]CCCCC.[Ti]. The van der Waals surface area contributed by atoms with Crippen LogP contribution in [0.25, 0.3) is 0 Å². The van der Waals surface area contributed by atoms with Crippen molar-refractivity contribution in [2.75, 3.05) is 6.61 Å². The van der Waals surface area contributed by atoms with Crippen molar-refractivity contribution in [3.8, 4) is 0 Å². The Morgan fingerprint density at radius 1 is 0.857 bits per heavy atom. The van der Waals surface area contributed by atoms with Gasteiger partial charge in [0.25, 0.3) is 0 Å². The molecule has 0 rings (SSSR count). The number of hydrogen-bond acceptors (Lipinski definition) is 1. The fourth-order valence-electron chi connectivity index (χ4n) is 0.965. The molecule has 1 nitrogen and oxygen atoms in total. The minimum atomic E-state index is 0. The molecule has 0 aliphatic rings. The summed E-state index contributed by atoms with van der Waals surface area (Å²) in [6.07, 6.45) is 9.75. The third-order valence-corrected chi connectivity index (χ3v) is 1.87. The third kappa shape index (κ3) is 29.3. The van der Waals surface area contributed by atoms with Crippen LogP contribution in [-0.2, 0) is 21.7 Å². The van der Waals surface area contributed by atoms with Crippen LogP contribution in [0.2, 0.25) is 0 Å². The molecule has 1 N–H and O–H groups in total. The zero-order valence-corrected chi connectivity index (χ0v) is 11.6. The van der Waals surface area contributed by atoms with Crippen LogP contribution in [0.3, 0.4) is 0 Å². The normalized spacial score (nSPS) is 8.57. The first-order valence-electron chi connectivity index (χ1n) is 5.73. The number of aliphatic hydroxyl groups is 1. The molecule has 0 aromatic rings. The van der Waals surface area contributed by atoms with Crippen molar-refractivity contribution < 1.29 is 26.8 Å². The molecule has 14 heavy (non-hydrogen) atoms. The average molecular weight is 235 g/mol. The summed E-state index contributed by atoms with van der Waals surface area (Å²) in [6.45, 7) is 8.45. The van der Waals surface area contributed by atoms with Gasteiger partial charge in [-0.1, -0.05) is 52.4 Å². The van der Waals surface area contributed by atoms with Crippen LogP contribution in [0.1, 0.15) is 65.2 Å². The summed E-state index contributed by atoms with van der Waals surface area (Å²) in [4.78, 5) is 0. The molecule has 0 unspecified atom stereocenters. The van der Waals surface area contributed by atoms with Crippen LogP contribution in [-0.4, -0.2) is 11.7 Å². The molecule has 2 heteroatoms. The molecule has 0 radical (unpaired) electrons. The van der Waals surface area contributed by atoms with E-state index >= 15 is 0 Å². The molecular weight excluding hydrogens is 208 g/mol. The van der Waals surface area contributed by atoms with Crippen molar-refractivity contribution in [3.05, 3.63) is 6.92 Å². The number of rotatable bonds is 7. The minimum absolute atomic E-state index is 0. The van der Waals surface area contributed by atoms with E-state index in [0.29, 0.717) is 6.61 Å². The maximum Gasteiger partial charge on any atom is 0.0431 e. The van der Waals surface area contributed by atoms with E-state index in [9.17, 15) is 0 Å². The van der Waals surface area contributed by atoms with Crippen LogP contribution in [0.15, 0.2) is 0 Å². The van der Waals surface area contributed by atoms with Crippen molar-refractivity contribution in [3.63, 3.8) is 0 Å². The Bertz CT molecular complexity index is 59.3. The Balaban J connectivity index is -0.000000163. The fourth-order valence-corrected chi connectivity index (χ4v) is 0.965. The minimum Gasteiger partial charge on any atom is -0.396 e. The van der Waals surface area contributed by atoms with Gasteiger partial charge in [-0.2, -0.15) is 6.42 Å². The van der Waals surface area contributed by atoms with Gasteiger partial charge in [-0.05, 0) is 6.42 Å². The van der Waals surface area contributed by atoms with Gasteiger partial charge in [0.1, 0.15) is 0 Å². The van der Waals surface area contributed by atoms with Crippen molar-refractivity contribution in [1.29, 1.82) is 0 Å². The molecular formula is C12H27OTi-. The summed E-state index contributed by atoms with van der Waals surface area (Å²) in [5.74, 6) is 0. The van der Waals surface area contributed by atoms with Crippen molar-refractivity contribution in [2.45, 2.75) is 65.2 Å². The Labute approximate surface area is 106 Å². The second-order valence-electron chi connectivity index (χ2n) is 3.34. The number of hydrogen-bond donors (Lipinski definition) is 1. The second-order valence-corrected chi connectivity index (χ2v) is 3.34. The maximum absolute atomic E-state index is 8.29. The van der Waals surface area contributed by atoms with Crippen LogP contribution < -0.4 is 0 Å². The first-order chi connectivity index (χ1) is 6.33. The fraction of sp³-hybridized carbons (Fsp3) is 0.917. The van der Waals surface area contributed by atoms with Gasteiger partial charge in [-0.25, -0.2) is 0 Å². The molecule has 0 aliphatic heterocycles. The third-order valence-electron chi connectivity index (χ3n) is 1.87. The van der Waals surface area contributed by atoms with Gasteiger partial charge < -0.3 is 12.0 Å². The van der Waals surface area contributed by atoms with Gasteiger partial charge in [0.15, 0.2) is 0 Å². The van der Waals surface area contributed by atoms with E-state index in [2.05, 4.69) is 20.8 Å². The van der Waals surface area contributed by atoms with Gasteiger partial charge in [-0.15, -0.1) is 0 Å². The zero-order valence-electron chi connectivity index (χ0n) is 10.0. The summed E-state index contributed by atoms with van der Waals surface area (Å²) >= 11 is 0. The quantitative estimate of drug-likeness (QED) is 0.402. The van der Waals surface area contributed by atoms with Gasteiger partial charge >= 0.3 is 0 Å². The first-order valence-corrected chi connectivity index (χ1v) is 5.73. The second kappa shape index (κ2) is 23.5. The molecule has 0 saturated heterocycles. The molecule has 0 aromatic carbocycles. The molecule has 0 spiro atoms.